The van der Waals surface area contributed by atoms with E-state index in [1.165, 1.54) is 75.9 Å². The molecule has 0 spiro atoms. The molecule has 0 aliphatic carbocycles. The van der Waals surface area contributed by atoms with Crippen LogP contribution in [-0.4, -0.2) is 48.2 Å². The van der Waals surface area contributed by atoms with Crippen molar-refractivity contribution in [2.75, 3.05) is 13.2 Å². The molecule has 0 unspecified atom stereocenters. The van der Waals surface area contributed by atoms with Gasteiger partial charge in [0.25, 0.3) is 0 Å². The lowest BCUT2D eigenvalue weighted by Gasteiger charge is -2.26. The SMILES string of the molecule is CCOOCCCCCCCCCCC[Si](C)(C)c1ccc([Si](C)(C)CCC[Si]O[SiH](C)C)cc1. The predicted octanol–water partition coefficient (Wildman–Crippen LogP) is 7.42. The Morgan fingerprint density at radius 3 is 1.60 bits per heavy atom. The summed E-state index contributed by atoms with van der Waals surface area (Å²) < 4.78 is 5.88. The molecule has 1 aromatic carbocycles. The highest BCUT2D eigenvalue weighted by molar-refractivity contribution is 6.91. The van der Waals surface area contributed by atoms with Crippen molar-refractivity contribution in [3.63, 3.8) is 0 Å². The summed E-state index contributed by atoms with van der Waals surface area (Å²) in [5.41, 5.74) is 0. The maximum absolute atomic E-state index is 5.88. The van der Waals surface area contributed by atoms with E-state index in [-0.39, 0.29) is 0 Å². The molecule has 0 heterocycles. The molecule has 0 saturated heterocycles. The number of benzene rings is 1. The summed E-state index contributed by atoms with van der Waals surface area (Å²) in [4.78, 5) is 9.98. The van der Waals surface area contributed by atoms with Gasteiger partial charge in [0, 0.05) is 0 Å². The third-order valence-corrected chi connectivity index (χ3v) is 17.2. The third-order valence-electron chi connectivity index (χ3n) is 7.08. The van der Waals surface area contributed by atoms with Crippen LogP contribution in [0.5, 0.6) is 0 Å². The monoisotopic (exact) mass is 552 g/mol. The van der Waals surface area contributed by atoms with E-state index in [2.05, 4.69) is 63.5 Å². The van der Waals surface area contributed by atoms with Gasteiger partial charge in [-0.25, -0.2) is 9.78 Å². The van der Waals surface area contributed by atoms with Crippen molar-refractivity contribution in [3.05, 3.63) is 24.3 Å². The van der Waals surface area contributed by atoms with Gasteiger partial charge in [-0.1, -0.05) is 131 Å². The molecule has 0 saturated carbocycles. The highest BCUT2D eigenvalue weighted by Gasteiger charge is 2.26. The van der Waals surface area contributed by atoms with Gasteiger partial charge in [-0.2, -0.15) is 0 Å². The van der Waals surface area contributed by atoms with Gasteiger partial charge >= 0.3 is 0 Å². The number of rotatable bonds is 22. The summed E-state index contributed by atoms with van der Waals surface area (Å²) in [5.74, 6) is 0. The van der Waals surface area contributed by atoms with E-state index in [1.54, 1.807) is 10.4 Å². The van der Waals surface area contributed by atoms with Crippen LogP contribution >= 0.6 is 0 Å². The minimum atomic E-state index is -1.34. The zero-order chi connectivity index (χ0) is 26.0. The first-order valence-corrected chi connectivity index (χ1v) is 24.7. The van der Waals surface area contributed by atoms with Gasteiger partial charge in [-0.05, 0) is 32.5 Å². The first kappa shape index (κ1) is 33.0. The molecule has 0 fully saturated rings. The van der Waals surface area contributed by atoms with E-state index in [0.29, 0.717) is 6.61 Å². The molecule has 0 aromatic heterocycles. The fourth-order valence-corrected chi connectivity index (χ4v) is 12.0. The first-order chi connectivity index (χ1) is 16.7. The zero-order valence-corrected chi connectivity index (χ0v) is 28.4. The third kappa shape index (κ3) is 15.7. The topological polar surface area (TPSA) is 27.7 Å². The molecule has 202 valence electrons. The average molecular weight is 553 g/mol. The van der Waals surface area contributed by atoms with Crippen molar-refractivity contribution < 1.29 is 13.9 Å². The molecule has 0 aliphatic heterocycles. The summed E-state index contributed by atoms with van der Waals surface area (Å²) in [6, 6.07) is 14.0. The zero-order valence-electron chi connectivity index (χ0n) is 24.2. The van der Waals surface area contributed by atoms with E-state index in [9.17, 15) is 0 Å². The van der Waals surface area contributed by atoms with Crippen LogP contribution in [0.3, 0.4) is 0 Å². The van der Waals surface area contributed by atoms with Gasteiger partial charge in [-0.15, -0.1) is 0 Å². The predicted molar refractivity (Wildman–Crippen MR) is 165 cm³/mol. The Bertz CT molecular complexity index is 636. The molecule has 2 radical (unpaired) electrons. The second-order valence-electron chi connectivity index (χ2n) is 11.7. The molecular formula is C28H56O3Si4. The van der Waals surface area contributed by atoms with Crippen LogP contribution in [0.25, 0.3) is 0 Å². The number of hydrogen-bond acceptors (Lipinski definition) is 3. The van der Waals surface area contributed by atoms with E-state index in [0.717, 1.165) is 22.8 Å². The molecule has 35 heavy (non-hydrogen) atoms. The average Bonchev–Trinajstić information content (AvgIpc) is 2.81. The number of unbranched alkanes of at least 4 members (excludes halogenated alkanes) is 8. The van der Waals surface area contributed by atoms with Gasteiger partial charge in [0.2, 0.25) is 9.76 Å². The van der Waals surface area contributed by atoms with Gasteiger partial charge in [0.05, 0.1) is 29.4 Å². The lowest BCUT2D eigenvalue weighted by Crippen LogP contribution is -2.45. The molecule has 0 N–H and O–H groups in total. The van der Waals surface area contributed by atoms with Crippen molar-refractivity contribution in [1.82, 2.24) is 0 Å². The fourth-order valence-electron chi connectivity index (χ4n) is 4.60. The maximum Gasteiger partial charge on any atom is 0.214 e. The van der Waals surface area contributed by atoms with Gasteiger partial charge in [-0.3, -0.25) is 0 Å². The Balaban J connectivity index is 2.22. The van der Waals surface area contributed by atoms with E-state index in [4.69, 9.17) is 13.9 Å². The molecule has 1 aromatic rings. The van der Waals surface area contributed by atoms with Crippen LogP contribution in [0.1, 0.15) is 71.1 Å². The Kier molecular flexibility index (Phi) is 18.0. The molecular weight excluding hydrogens is 497 g/mol. The van der Waals surface area contributed by atoms with Gasteiger partial charge in [0.1, 0.15) is 0 Å². The Labute approximate surface area is 224 Å². The van der Waals surface area contributed by atoms with Crippen LogP contribution in [-0.2, 0) is 13.9 Å². The second kappa shape index (κ2) is 19.1. The summed E-state index contributed by atoms with van der Waals surface area (Å²) in [6.07, 6.45) is 13.4. The van der Waals surface area contributed by atoms with Crippen LogP contribution in [0, 0.1) is 0 Å². The Morgan fingerprint density at radius 2 is 1.11 bits per heavy atom. The largest absolute Gasteiger partial charge is 0.459 e. The second-order valence-corrected chi connectivity index (χ2v) is 25.2. The lowest BCUT2D eigenvalue weighted by atomic mass is 10.1. The summed E-state index contributed by atoms with van der Waals surface area (Å²) in [7, 11) is -2.78. The van der Waals surface area contributed by atoms with Gasteiger partial charge < -0.3 is 4.12 Å². The molecule has 0 aliphatic rings. The summed E-state index contributed by atoms with van der Waals surface area (Å²) >= 11 is 0. The molecule has 1 rings (SSSR count). The summed E-state index contributed by atoms with van der Waals surface area (Å²) in [6.45, 7) is 18.1. The minimum Gasteiger partial charge on any atom is -0.459 e. The quantitative estimate of drug-likeness (QED) is 0.0648. The molecule has 0 atom stereocenters. The van der Waals surface area contributed by atoms with Crippen LogP contribution < -0.4 is 10.4 Å². The normalized spacial score (nSPS) is 12.6. The Hall–Kier alpha value is -0.0325. The maximum atomic E-state index is 5.88. The standard InChI is InChI=1S/C28H56O3Si4/c1-8-29-30-23-16-14-12-10-9-11-13-15-17-25-34(4,5)27-19-21-28(22-20-27)35(6,7)26-18-24-32-31-33(2)3/h19-22,33H,8-18,23-26H2,1-7H3. The van der Waals surface area contributed by atoms with E-state index in [1.807, 2.05) is 6.92 Å². The molecule has 7 heteroatoms. The van der Waals surface area contributed by atoms with E-state index >= 15 is 0 Å². The van der Waals surface area contributed by atoms with Crippen LogP contribution in [0.4, 0.5) is 0 Å². The van der Waals surface area contributed by atoms with Crippen molar-refractivity contribution in [3.8, 4) is 0 Å². The minimum absolute atomic E-state index is 0.641. The smallest absolute Gasteiger partial charge is 0.214 e. The fraction of sp³-hybridized carbons (Fsp3) is 0.786. The molecule has 3 nitrogen and oxygen atoms in total. The number of hydrogen-bond donors (Lipinski definition) is 0. The molecule has 0 bridgehead atoms. The van der Waals surface area contributed by atoms with Crippen molar-refractivity contribution >= 4 is 45.3 Å². The van der Waals surface area contributed by atoms with Gasteiger partial charge in [0.15, 0.2) is 9.04 Å². The molecule has 0 amide bonds. The van der Waals surface area contributed by atoms with Crippen molar-refractivity contribution in [2.45, 2.75) is 129 Å². The Morgan fingerprint density at radius 1 is 0.657 bits per heavy atom. The highest BCUT2D eigenvalue weighted by atomic mass is 28.3. The van der Waals surface area contributed by atoms with Crippen molar-refractivity contribution in [2.24, 2.45) is 0 Å². The first-order valence-electron chi connectivity index (χ1n) is 14.4. The van der Waals surface area contributed by atoms with Crippen molar-refractivity contribution in [1.29, 1.82) is 0 Å². The van der Waals surface area contributed by atoms with Crippen LogP contribution in [0.2, 0.25) is 57.4 Å². The van der Waals surface area contributed by atoms with Crippen LogP contribution in [0.15, 0.2) is 24.3 Å². The summed E-state index contributed by atoms with van der Waals surface area (Å²) in [5, 5.41) is 3.28. The lowest BCUT2D eigenvalue weighted by molar-refractivity contribution is -0.291. The highest BCUT2D eigenvalue weighted by Crippen LogP contribution is 2.18. The van der Waals surface area contributed by atoms with E-state index < -0.39 is 25.2 Å².